The summed E-state index contributed by atoms with van der Waals surface area (Å²) < 4.78 is 46.4. The smallest absolute Gasteiger partial charge is 0.268 e. The summed E-state index contributed by atoms with van der Waals surface area (Å²) in [4.78, 5) is 16.9. The first-order chi connectivity index (χ1) is 15.0. The van der Waals surface area contributed by atoms with E-state index in [0.717, 1.165) is 17.7 Å². The number of aromatic nitrogens is 3. The van der Waals surface area contributed by atoms with Crippen molar-refractivity contribution in [2.24, 2.45) is 0 Å². The molecule has 2 aromatic carbocycles. The van der Waals surface area contributed by atoms with Gasteiger partial charge in [0.1, 0.15) is 24.6 Å². The van der Waals surface area contributed by atoms with Crippen LogP contribution in [0.3, 0.4) is 0 Å². The summed E-state index contributed by atoms with van der Waals surface area (Å²) in [6, 6.07) is 10.7. The third-order valence-electron chi connectivity index (χ3n) is 4.19. The van der Waals surface area contributed by atoms with E-state index in [2.05, 4.69) is 15.4 Å². The van der Waals surface area contributed by atoms with Gasteiger partial charge in [-0.25, -0.2) is 22.8 Å². The molecule has 0 aliphatic rings. The lowest BCUT2D eigenvalue weighted by Gasteiger charge is -2.05. The third-order valence-corrected chi connectivity index (χ3v) is 5.16. The van der Waals surface area contributed by atoms with Gasteiger partial charge in [-0.3, -0.25) is 10.1 Å². The molecular weight excluding hydrogens is 429 g/mol. The van der Waals surface area contributed by atoms with Crippen molar-refractivity contribution in [3.63, 3.8) is 0 Å². The van der Waals surface area contributed by atoms with E-state index < -0.39 is 17.5 Å². The number of thiophene rings is 1. The Morgan fingerprint density at radius 2 is 1.81 bits per heavy atom. The predicted octanol–water partition coefficient (Wildman–Crippen LogP) is 4.64. The number of hydrogen-bond donors (Lipinski definition) is 1. The minimum atomic E-state index is -0.796. The van der Waals surface area contributed by atoms with Gasteiger partial charge >= 0.3 is 0 Å². The zero-order chi connectivity index (χ0) is 21.8. The molecule has 2 heterocycles. The molecule has 0 aliphatic carbocycles. The Kier molecular flexibility index (Phi) is 5.99. The number of carbonyl (C=O) groups is 1. The normalized spacial score (nSPS) is 10.8. The van der Waals surface area contributed by atoms with Crippen molar-refractivity contribution in [3.05, 3.63) is 93.7 Å². The van der Waals surface area contributed by atoms with Crippen LogP contribution in [0.15, 0.2) is 60.2 Å². The van der Waals surface area contributed by atoms with Gasteiger partial charge < -0.3 is 4.74 Å². The topological polar surface area (TPSA) is 69.0 Å². The maximum atomic E-state index is 13.6. The lowest BCUT2D eigenvalue weighted by molar-refractivity contribution is 0.102. The number of hydrogen-bond acceptors (Lipinski definition) is 5. The van der Waals surface area contributed by atoms with E-state index in [0.29, 0.717) is 17.0 Å². The van der Waals surface area contributed by atoms with Gasteiger partial charge in [0.15, 0.2) is 11.6 Å². The molecular formula is C21H15F3N4O2S. The van der Waals surface area contributed by atoms with Gasteiger partial charge in [0, 0.05) is 11.6 Å². The standard InChI is InChI=1S/C21H15F3N4O2S/c22-15-3-1-13(2-4-15)9-28-12-25-21(27-28)26-20(29)19-7-14(11-31-19)10-30-18-6-5-16(23)8-17(18)24/h1-8,11-12H,9-10H2,(H,26,27,29). The number of halogens is 3. The number of nitrogens with one attached hydrogen (secondary N) is 1. The summed E-state index contributed by atoms with van der Waals surface area (Å²) in [6.45, 7) is 0.403. The van der Waals surface area contributed by atoms with Gasteiger partial charge in [0.05, 0.1) is 11.4 Å². The van der Waals surface area contributed by atoms with Crippen LogP contribution in [0.25, 0.3) is 0 Å². The number of carbonyl (C=O) groups excluding carboxylic acids is 1. The van der Waals surface area contributed by atoms with Gasteiger partial charge in [-0.1, -0.05) is 12.1 Å². The second-order valence-electron chi connectivity index (χ2n) is 6.53. The highest BCUT2D eigenvalue weighted by Crippen LogP contribution is 2.21. The van der Waals surface area contributed by atoms with Crippen molar-refractivity contribution < 1.29 is 22.7 Å². The fraction of sp³-hybridized carbons (Fsp3) is 0.0952. The predicted molar refractivity (Wildman–Crippen MR) is 108 cm³/mol. The molecule has 0 radical (unpaired) electrons. The molecule has 0 bridgehead atoms. The Morgan fingerprint density at radius 3 is 2.58 bits per heavy atom. The molecule has 31 heavy (non-hydrogen) atoms. The average molecular weight is 444 g/mol. The van der Waals surface area contributed by atoms with Crippen molar-refractivity contribution in [3.8, 4) is 5.75 Å². The van der Waals surface area contributed by atoms with Crippen LogP contribution in [0.1, 0.15) is 20.8 Å². The van der Waals surface area contributed by atoms with Gasteiger partial charge in [0.25, 0.3) is 5.91 Å². The maximum absolute atomic E-state index is 13.6. The van der Waals surface area contributed by atoms with Crippen molar-refractivity contribution >= 4 is 23.2 Å². The Labute approximate surface area is 178 Å². The fourth-order valence-electron chi connectivity index (χ4n) is 2.69. The number of rotatable bonds is 7. The van der Waals surface area contributed by atoms with E-state index in [1.54, 1.807) is 23.6 Å². The van der Waals surface area contributed by atoms with E-state index in [-0.39, 0.29) is 24.1 Å². The van der Waals surface area contributed by atoms with Crippen molar-refractivity contribution in [1.82, 2.24) is 14.8 Å². The molecule has 0 spiro atoms. The van der Waals surface area contributed by atoms with E-state index in [1.807, 2.05) is 0 Å². The molecule has 2 aromatic heterocycles. The van der Waals surface area contributed by atoms with Gasteiger partial charge in [-0.05, 0) is 41.3 Å². The van der Waals surface area contributed by atoms with E-state index in [4.69, 9.17) is 4.74 Å². The number of anilines is 1. The first-order valence-corrected chi connectivity index (χ1v) is 9.95. The molecule has 1 N–H and O–H groups in total. The van der Waals surface area contributed by atoms with Crippen LogP contribution in [0, 0.1) is 17.5 Å². The molecule has 0 saturated heterocycles. The molecule has 0 fully saturated rings. The Morgan fingerprint density at radius 1 is 1.03 bits per heavy atom. The Balaban J connectivity index is 1.33. The third kappa shape index (κ3) is 5.28. The first kappa shape index (κ1) is 20.6. The highest BCUT2D eigenvalue weighted by atomic mass is 32.1. The number of ether oxygens (including phenoxy) is 1. The second-order valence-corrected chi connectivity index (χ2v) is 7.44. The van der Waals surface area contributed by atoms with Crippen molar-refractivity contribution in [1.29, 1.82) is 0 Å². The second kappa shape index (κ2) is 9.00. The average Bonchev–Trinajstić information content (AvgIpc) is 3.39. The number of amides is 1. The molecule has 1 amide bonds. The molecule has 10 heteroatoms. The highest BCUT2D eigenvalue weighted by Gasteiger charge is 2.13. The van der Waals surface area contributed by atoms with E-state index in [9.17, 15) is 18.0 Å². The van der Waals surface area contributed by atoms with Crippen LogP contribution in [-0.4, -0.2) is 20.7 Å². The summed E-state index contributed by atoms with van der Waals surface area (Å²) in [7, 11) is 0. The van der Waals surface area contributed by atoms with Crippen LogP contribution in [-0.2, 0) is 13.2 Å². The number of benzene rings is 2. The summed E-state index contributed by atoms with van der Waals surface area (Å²) in [5.41, 5.74) is 1.50. The molecule has 0 atom stereocenters. The Bertz CT molecular complexity index is 1210. The number of nitrogens with zero attached hydrogens (tertiary/aromatic N) is 3. The summed E-state index contributed by atoms with van der Waals surface area (Å²) in [5, 5.41) is 8.49. The van der Waals surface area contributed by atoms with Gasteiger partial charge in [0.2, 0.25) is 5.95 Å². The van der Waals surface area contributed by atoms with Crippen LogP contribution in [0.2, 0.25) is 0 Å². The van der Waals surface area contributed by atoms with Gasteiger partial charge in [-0.15, -0.1) is 16.4 Å². The fourth-order valence-corrected chi connectivity index (χ4v) is 3.48. The zero-order valence-electron chi connectivity index (χ0n) is 15.9. The van der Waals surface area contributed by atoms with Gasteiger partial charge in [-0.2, -0.15) is 0 Å². The summed E-state index contributed by atoms with van der Waals surface area (Å²) in [6.07, 6.45) is 1.46. The van der Waals surface area contributed by atoms with Crippen molar-refractivity contribution in [2.45, 2.75) is 13.2 Å². The van der Waals surface area contributed by atoms with E-state index in [1.165, 1.54) is 40.5 Å². The first-order valence-electron chi connectivity index (χ1n) is 9.07. The molecule has 0 saturated carbocycles. The summed E-state index contributed by atoms with van der Waals surface area (Å²) in [5.74, 6) is -2.15. The molecule has 0 aliphatic heterocycles. The lowest BCUT2D eigenvalue weighted by Crippen LogP contribution is -2.12. The van der Waals surface area contributed by atoms with Crippen LogP contribution >= 0.6 is 11.3 Å². The summed E-state index contributed by atoms with van der Waals surface area (Å²) >= 11 is 1.19. The minimum absolute atomic E-state index is 0.0247. The zero-order valence-corrected chi connectivity index (χ0v) is 16.7. The van der Waals surface area contributed by atoms with Crippen LogP contribution < -0.4 is 10.1 Å². The molecule has 158 valence electrons. The van der Waals surface area contributed by atoms with Crippen LogP contribution in [0.5, 0.6) is 5.75 Å². The molecule has 4 rings (SSSR count). The minimum Gasteiger partial charge on any atom is -0.486 e. The quantitative estimate of drug-likeness (QED) is 0.451. The highest BCUT2D eigenvalue weighted by molar-refractivity contribution is 7.12. The molecule has 0 unspecified atom stereocenters. The monoisotopic (exact) mass is 444 g/mol. The Hall–Kier alpha value is -3.66. The van der Waals surface area contributed by atoms with E-state index >= 15 is 0 Å². The lowest BCUT2D eigenvalue weighted by atomic mass is 10.2. The SMILES string of the molecule is O=C(Nc1ncn(Cc2ccc(F)cc2)n1)c1cc(COc2ccc(F)cc2F)cs1. The largest absolute Gasteiger partial charge is 0.486 e. The molecule has 4 aromatic rings. The van der Waals surface area contributed by atoms with Crippen LogP contribution in [0.4, 0.5) is 19.1 Å². The molecule has 6 nitrogen and oxygen atoms in total. The van der Waals surface area contributed by atoms with Crippen molar-refractivity contribution in [2.75, 3.05) is 5.32 Å². The maximum Gasteiger partial charge on any atom is 0.268 e.